The molecule has 1 heterocycles. The van der Waals surface area contributed by atoms with Gasteiger partial charge >= 0.3 is 12.1 Å². The van der Waals surface area contributed by atoms with E-state index in [1.807, 2.05) is 0 Å². The Morgan fingerprint density at radius 2 is 2.10 bits per heavy atom. The summed E-state index contributed by atoms with van der Waals surface area (Å²) in [5.74, 6) is -1.15. The molecule has 0 fully saturated rings. The van der Waals surface area contributed by atoms with E-state index in [1.165, 1.54) is 12.4 Å². The summed E-state index contributed by atoms with van der Waals surface area (Å²) < 4.78 is 5.03. The van der Waals surface area contributed by atoms with E-state index in [2.05, 4.69) is 10.3 Å². The number of nitrogens with two attached hydrogens (primary N) is 1. The van der Waals surface area contributed by atoms with Crippen LogP contribution in [0.5, 0.6) is 0 Å². The molecule has 0 aromatic carbocycles. The minimum absolute atomic E-state index is 0.0760. The van der Waals surface area contributed by atoms with Crippen LogP contribution in [0.2, 0.25) is 0 Å². The lowest BCUT2D eigenvalue weighted by molar-refractivity contribution is -0.139. The lowest BCUT2D eigenvalue weighted by Gasteiger charge is -2.22. The maximum absolute atomic E-state index is 11.6. The molecule has 0 aliphatic heterocycles. The number of carboxylic acids is 1. The number of hydrogen-bond donors (Lipinski definition) is 3. The van der Waals surface area contributed by atoms with E-state index in [1.54, 1.807) is 26.8 Å². The van der Waals surface area contributed by atoms with Gasteiger partial charge < -0.3 is 20.9 Å². The number of alkyl carbamates (subject to hydrolysis) is 1. The third kappa shape index (κ3) is 5.55. The van der Waals surface area contributed by atoms with Crippen molar-refractivity contribution in [2.45, 2.75) is 38.8 Å². The predicted octanol–water partition coefficient (Wildman–Crippen LogP) is 1.18. The standard InChI is InChI=1S/C13H19N3O4/c1-13(2,3)20-12(19)16-10(11(17)18)5-8-4-9(14)7-15-6-8/h4,6-7,10H,5,14H2,1-3H3,(H,16,19)(H,17,18). The van der Waals surface area contributed by atoms with E-state index in [0.29, 0.717) is 11.3 Å². The number of aromatic nitrogens is 1. The molecule has 4 N–H and O–H groups in total. The molecule has 1 aromatic rings. The van der Waals surface area contributed by atoms with Gasteiger partial charge in [-0.15, -0.1) is 0 Å². The molecular formula is C13H19N3O4. The van der Waals surface area contributed by atoms with Gasteiger partial charge in [-0.2, -0.15) is 0 Å². The Kier molecular flexibility index (Phi) is 4.90. The number of aliphatic carboxylic acids is 1. The molecule has 1 atom stereocenters. The van der Waals surface area contributed by atoms with Crippen molar-refractivity contribution in [1.82, 2.24) is 10.3 Å². The van der Waals surface area contributed by atoms with E-state index < -0.39 is 23.7 Å². The highest BCUT2D eigenvalue weighted by molar-refractivity contribution is 5.80. The van der Waals surface area contributed by atoms with Crippen LogP contribution in [-0.2, 0) is 16.0 Å². The van der Waals surface area contributed by atoms with Gasteiger partial charge in [0.1, 0.15) is 11.6 Å². The third-order valence-electron chi connectivity index (χ3n) is 2.24. The van der Waals surface area contributed by atoms with Gasteiger partial charge in [0.05, 0.1) is 5.69 Å². The first-order valence-electron chi connectivity index (χ1n) is 6.09. The summed E-state index contributed by atoms with van der Waals surface area (Å²) in [4.78, 5) is 26.6. The molecule has 110 valence electrons. The van der Waals surface area contributed by atoms with Crippen molar-refractivity contribution in [2.24, 2.45) is 0 Å². The molecule has 1 unspecified atom stereocenters. The van der Waals surface area contributed by atoms with Crippen LogP contribution in [0.25, 0.3) is 0 Å². The summed E-state index contributed by atoms with van der Waals surface area (Å²) in [5, 5.41) is 11.4. The lowest BCUT2D eigenvalue weighted by Crippen LogP contribution is -2.44. The number of pyridine rings is 1. The first kappa shape index (κ1) is 15.7. The fraction of sp³-hybridized carbons (Fsp3) is 0.462. The van der Waals surface area contributed by atoms with Crippen molar-refractivity contribution >= 4 is 17.7 Å². The highest BCUT2D eigenvalue weighted by Crippen LogP contribution is 2.09. The highest BCUT2D eigenvalue weighted by atomic mass is 16.6. The van der Waals surface area contributed by atoms with Gasteiger partial charge in [-0.1, -0.05) is 0 Å². The number of nitrogen functional groups attached to an aromatic ring is 1. The van der Waals surface area contributed by atoms with E-state index in [-0.39, 0.29) is 6.42 Å². The first-order chi connectivity index (χ1) is 9.17. The molecule has 1 amide bonds. The Balaban J connectivity index is 2.71. The Hall–Kier alpha value is -2.31. The van der Waals surface area contributed by atoms with Gasteiger partial charge in [0, 0.05) is 18.8 Å². The van der Waals surface area contributed by atoms with Gasteiger partial charge in [0.15, 0.2) is 0 Å². The molecule has 1 aromatic heterocycles. The lowest BCUT2D eigenvalue weighted by atomic mass is 10.1. The Morgan fingerprint density at radius 3 is 2.60 bits per heavy atom. The highest BCUT2D eigenvalue weighted by Gasteiger charge is 2.24. The third-order valence-corrected chi connectivity index (χ3v) is 2.24. The van der Waals surface area contributed by atoms with Gasteiger partial charge in [0.2, 0.25) is 0 Å². The van der Waals surface area contributed by atoms with Crippen molar-refractivity contribution < 1.29 is 19.4 Å². The summed E-state index contributed by atoms with van der Waals surface area (Å²) in [7, 11) is 0. The minimum Gasteiger partial charge on any atom is -0.480 e. The van der Waals surface area contributed by atoms with Crippen molar-refractivity contribution in [2.75, 3.05) is 5.73 Å². The largest absolute Gasteiger partial charge is 0.480 e. The number of carbonyl (C=O) groups excluding carboxylic acids is 1. The molecule has 0 saturated carbocycles. The SMILES string of the molecule is CC(C)(C)OC(=O)NC(Cc1cncc(N)c1)C(=O)O. The van der Waals surface area contributed by atoms with Crippen LogP contribution in [0.4, 0.5) is 10.5 Å². The number of nitrogens with one attached hydrogen (secondary N) is 1. The second kappa shape index (κ2) is 6.23. The van der Waals surface area contributed by atoms with Crippen LogP contribution in [-0.4, -0.2) is 33.8 Å². The van der Waals surface area contributed by atoms with Crippen LogP contribution in [0.1, 0.15) is 26.3 Å². The average Bonchev–Trinajstić information content (AvgIpc) is 2.25. The molecule has 20 heavy (non-hydrogen) atoms. The first-order valence-corrected chi connectivity index (χ1v) is 6.09. The van der Waals surface area contributed by atoms with Crippen molar-refractivity contribution in [3.8, 4) is 0 Å². The van der Waals surface area contributed by atoms with Crippen LogP contribution >= 0.6 is 0 Å². The average molecular weight is 281 g/mol. The maximum atomic E-state index is 11.6. The number of rotatable bonds is 4. The number of anilines is 1. The van der Waals surface area contributed by atoms with Crippen LogP contribution < -0.4 is 11.1 Å². The smallest absolute Gasteiger partial charge is 0.408 e. The predicted molar refractivity (Wildman–Crippen MR) is 73.1 cm³/mol. The Bertz CT molecular complexity index is 497. The number of ether oxygens (including phenoxy) is 1. The quantitative estimate of drug-likeness (QED) is 0.763. The van der Waals surface area contributed by atoms with Crippen LogP contribution in [0.3, 0.4) is 0 Å². The molecule has 0 spiro atoms. The van der Waals surface area contributed by atoms with E-state index in [4.69, 9.17) is 15.6 Å². The van der Waals surface area contributed by atoms with Crippen LogP contribution in [0, 0.1) is 0 Å². The van der Waals surface area contributed by atoms with Crippen molar-refractivity contribution in [1.29, 1.82) is 0 Å². The minimum atomic E-state index is -1.15. The van der Waals surface area contributed by atoms with Gasteiger partial charge in [-0.3, -0.25) is 4.98 Å². The van der Waals surface area contributed by atoms with Gasteiger partial charge in [0.25, 0.3) is 0 Å². The Labute approximate surface area is 117 Å². The molecule has 0 aliphatic carbocycles. The fourth-order valence-corrected chi connectivity index (χ4v) is 1.50. The summed E-state index contributed by atoms with van der Waals surface area (Å²) in [6.45, 7) is 5.10. The summed E-state index contributed by atoms with van der Waals surface area (Å²) in [5.41, 5.74) is 5.94. The fourth-order valence-electron chi connectivity index (χ4n) is 1.50. The summed E-state index contributed by atoms with van der Waals surface area (Å²) >= 11 is 0. The number of carboxylic acid groups (broad SMARTS) is 1. The van der Waals surface area contributed by atoms with E-state index >= 15 is 0 Å². The number of hydrogen-bond acceptors (Lipinski definition) is 5. The molecule has 1 rings (SSSR count). The molecular weight excluding hydrogens is 262 g/mol. The zero-order valence-electron chi connectivity index (χ0n) is 11.7. The van der Waals surface area contributed by atoms with Crippen LogP contribution in [0.15, 0.2) is 18.5 Å². The van der Waals surface area contributed by atoms with Crippen molar-refractivity contribution in [3.05, 3.63) is 24.0 Å². The monoisotopic (exact) mass is 281 g/mol. The topological polar surface area (TPSA) is 115 Å². The van der Waals surface area contributed by atoms with E-state index in [9.17, 15) is 9.59 Å². The van der Waals surface area contributed by atoms with Gasteiger partial charge in [-0.05, 0) is 32.4 Å². The molecule has 7 nitrogen and oxygen atoms in total. The Morgan fingerprint density at radius 1 is 1.45 bits per heavy atom. The molecule has 0 bridgehead atoms. The normalized spacial score (nSPS) is 12.6. The second-order valence-electron chi connectivity index (χ2n) is 5.37. The molecule has 0 aliphatic rings. The molecule has 0 saturated heterocycles. The van der Waals surface area contributed by atoms with Crippen molar-refractivity contribution in [3.63, 3.8) is 0 Å². The zero-order valence-corrected chi connectivity index (χ0v) is 11.7. The maximum Gasteiger partial charge on any atom is 0.408 e. The summed E-state index contributed by atoms with van der Waals surface area (Å²) in [6, 6.07) is 0.508. The molecule has 7 heteroatoms. The number of nitrogens with zero attached hydrogens (tertiary/aromatic N) is 1. The number of carbonyl (C=O) groups is 2. The molecule has 0 radical (unpaired) electrons. The van der Waals surface area contributed by atoms with Gasteiger partial charge in [-0.25, -0.2) is 9.59 Å². The second-order valence-corrected chi connectivity index (χ2v) is 5.37. The van der Waals surface area contributed by atoms with E-state index in [0.717, 1.165) is 0 Å². The number of amides is 1. The zero-order chi connectivity index (χ0) is 15.3. The summed E-state index contributed by atoms with van der Waals surface area (Å²) in [6.07, 6.45) is 2.26.